The fraction of sp³-hybridized carbons (Fsp3) is 0.500. The van der Waals surface area contributed by atoms with Crippen LogP contribution in [0.3, 0.4) is 0 Å². The summed E-state index contributed by atoms with van der Waals surface area (Å²) in [5, 5.41) is 11.7. The highest BCUT2D eigenvalue weighted by Crippen LogP contribution is 2.44. The Morgan fingerprint density at radius 1 is 1.32 bits per heavy atom. The summed E-state index contributed by atoms with van der Waals surface area (Å²) in [6.45, 7) is 7.75. The van der Waals surface area contributed by atoms with Crippen molar-refractivity contribution in [3.63, 3.8) is 0 Å². The molecule has 2 rings (SSSR count). The first-order valence-corrected chi connectivity index (χ1v) is 9.85. The molecular formula is C20H25F3N2O2S. The molecule has 0 fully saturated rings. The van der Waals surface area contributed by atoms with Crippen molar-refractivity contribution < 1.29 is 23.0 Å². The SMILES string of the molecule is CCC(C)=Nc1c(C(OCC(C)(C)O)C(F)(F)F)ccc(-c2cscn2)c1C. The average Bonchev–Trinajstić information content (AvgIpc) is 3.09. The lowest BCUT2D eigenvalue weighted by Gasteiger charge is -2.27. The summed E-state index contributed by atoms with van der Waals surface area (Å²) < 4.78 is 46.6. The molecule has 28 heavy (non-hydrogen) atoms. The van der Waals surface area contributed by atoms with Crippen molar-refractivity contribution in [3.8, 4) is 11.3 Å². The van der Waals surface area contributed by atoms with Crippen molar-refractivity contribution in [1.29, 1.82) is 0 Å². The smallest absolute Gasteiger partial charge is 0.388 e. The summed E-state index contributed by atoms with van der Waals surface area (Å²) in [7, 11) is 0. The molecule has 1 aromatic heterocycles. The predicted molar refractivity (Wildman–Crippen MR) is 106 cm³/mol. The monoisotopic (exact) mass is 414 g/mol. The highest BCUT2D eigenvalue weighted by atomic mass is 32.1. The lowest BCUT2D eigenvalue weighted by Crippen LogP contribution is -2.32. The molecule has 1 aromatic carbocycles. The van der Waals surface area contributed by atoms with Gasteiger partial charge in [-0.3, -0.25) is 4.99 Å². The Morgan fingerprint density at radius 2 is 2.00 bits per heavy atom. The number of halogens is 3. The minimum absolute atomic E-state index is 0.0685. The van der Waals surface area contributed by atoms with Gasteiger partial charge in [0.15, 0.2) is 6.10 Å². The number of alkyl halides is 3. The van der Waals surface area contributed by atoms with Gasteiger partial charge in [-0.25, -0.2) is 4.98 Å². The van der Waals surface area contributed by atoms with Gasteiger partial charge in [0.1, 0.15) is 0 Å². The molecule has 1 N–H and O–H groups in total. The van der Waals surface area contributed by atoms with Crippen LogP contribution in [0.25, 0.3) is 11.3 Å². The Kier molecular flexibility index (Phi) is 7.01. The van der Waals surface area contributed by atoms with E-state index in [1.54, 1.807) is 25.4 Å². The number of hydrogen-bond donors (Lipinski definition) is 1. The lowest BCUT2D eigenvalue weighted by atomic mass is 9.96. The van der Waals surface area contributed by atoms with Crippen molar-refractivity contribution in [2.75, 3.05) is 6.61 Å². The van der Waals surface area contributed by atoms with E-state index in [1.165, 1.54) is 31.3 Å². The van der Waals surface area contributed by atoms with E-state index in [9.17, 15) is 18.3 Å². The van der Waals surface area contributed by atoms with E-state index < -0.39 is 24.5 Å². The second kappa shape index (κ2) is 8.71. The van der Waals surface area contributed by atoms with E-state index in [1.807, 2.05) is 12.3 Å². The Hall–Kier alpha value is -1.77. The Balaban J connectivity index is 2.64. The predicted octanol–water partition coefficient (Wildman–Crippen LogP) is 6.01. The number of aromatic nitrogens is 1. The van der Waals surface area contributed by atoms with Crippen LogP contribution in [-0.4, -0.2) is 34.2 Å². The summed E-state index contributed by atoms with van der Waals surface area (Å²) in [6.07, 6.45) is -6.23. The van der Waals surface area contributed by atoms with Crippen LogP contribution < -0.4 is 0 Å². The number of aliphatic imine (C=N–C) groups is 1. The largest absolute Gasteiger partial charge is 0.418 e. The van der Waals surface area contributed by atoms with Gasteiger partial charge < -0.3 is 9.84 Å². The van der Waals surface area contributed by atoms with E-state index in [0.29, 0.717) is 23.4 Å². The van der Waals surface area contributed by atoms with Crippen molar-refractivity contribution in [1.82, 2.24) is 4.98 Å². The van der Waals surface area contributed by atoms with Gasteiger partial charge in [0.05, 0.1) is 29.1 Å². The molecule has 4 nitrogen and oxygen atoms in total. The van der Waals surface area contributed by atoms with Gasteiger partial charge in [-0.05, 0) is 39.7 Å². The van der Waals surface area contributed by atoms with Crippen molar-refractivity contribution >= 4 is 22.7 Å². The number of thiazole rings is 1. The van der Waals surface area contributed by atoms with Crippen molar-refractivity contribution in [3.05, 3.63) is 34.2 Å². The van der Waals surface area contributed by atoms with Crippen molar-refractivity contribution in [2.24, 2.45) is 4.99 Å². The molecule has 154 valence electrons. The molecule has 0 bridgehead atoms. The standard InChI is InChI=1S/C20H25F3N2O2S/c1-6-12(2)25-17-13(3)14(16-9-28-11-24-16)7-8-15(17)18(20(21,22)23)27-10-19(4,5)26/h7-9,11,18,26H,6,10H2,1-5H3. The molecule has 1 unspecified atom stereocenters. The molecule has 0 saturated carbocycles. The first-order chi connectivity index (χ1) is 12.9. The van der Waals surface area contributed by atoms with Gasteiger partial charge in [0.2, 0.25) is 0 Å². The van der Waals surface area contributed by atoms with Gasteiger partial charge in [-0.15, -0.1) is 11.3 Å². The zero-order valence-electron chi connectivity index (χ0n) is 16.6. The van der Waals surface area contributed by atoms with Crippen LogP contribution in [0.5, 0.6) is 0 Å². The van der Waals surface area contributed by atoms with Gasteiger partial charge >= 0.3 is 6.18 Å². The zero-order valence-corrected chi connectivity index (χ0v) is 17.4. The van der Waals surface area contributed by atoms with E-state index in [-0.39, 0.29) is 11.3 Å². The number of benzene rings is 1. The molecule has 1 heterocycles. The third-order valence-corrected chi connectivity index (χ3v) is 4.75. The van der Waals surface area contributed by atoms with E-state index >= 15 is 0 Å². The van der Waals surface area contributed by atoms with E-state index in [4.69, 9.17) is 4.74 Å². The van der Waals surface area contributed by atoms with Crippen LogP contribution >= 0.6 is 11.3 Å². The summed E-state index contributed by atoms with van der Waals surface area (Å²) in [4.78, 5) is 8.74. The molecule has 0 amide bonds. The zero-order chi connectivity index (χ0) is 21.1. The summed E-state index contributed by atoms with van der Waals surface area (Å²) >= 11 is 1.41. The topological polar surface area (TPSA) is 54.7 Å². The average molecular weight is 414 g/mol. The number of rotatable bonds is 7. The van der Waals surface area contributed by atoms with Crippen LogP contribution in [0.1, 0.15) is 51.3 Å². The summed E-state index contributed by atoms with van der Waals surface area (Å²) in [5.41, 5.74) is 3.21. The van der Waals surface area contributed by atoms with Gasteiger partial charge in [0, 0.05) is 22.2 Å². The van der Waals surface area contributed by atoms with Gasteiger partial charge in [-0.1, -0.05) is 19.1 Å². The molecule has 0 aliphatic carbocycles. The minimum atomic E-state index is -4.65. The second-order valence-corrected chi connectivity index (χ2v) is 8.01. The summed E-state index contributed by atoms with van der Waals surface area (Å²) in [5.74, 6) is 0. The highest BCUT2D eigenvalue weighted by Gasteiger charge is 2.44. The molecule has 0 saturated heterocycles. The second-order valence-electron chi connectivity index (χ2n) is 7.30. The lowest BCUT2D eigenvalue weighted by molar-refractivity contribution is -0.233. The maximum atomic E-state index is 13.8. The molecule has 0 aliphatic rings. The molecule has 0 radical (unpaired) electrons. The highest BCUT2D eigenvalue weighted by molar-refractivity contribution is 7.07. The van der Waals surface area contributed by atoms with Gasteiger partial charge in [0.25, 0.3) is 0 Å². The number of aliphatic hydroxyl groups is 1. The first kappa shape index (κ1) is 22.5. The van der Waals surface area contributed by atoms with E-state index in [2.05, 4.69) is 9.98 Å². The quantitative estimate of drug-likeness (QED) is 0.564. The Morgan fingerprint density at radius 3 is 2.50 bits per heavy atom. The molecule has 1 atom stereocenters. The third-order valence-electron chi connectivity index (χ3n) is 4.17. The fourth-order valence-electron chi connectivity index (χ4n) is 2.62. The van der Waals surface area contributed by atoms with Crippen LogP contribution in [0, 0.1) is 6.92 Å². The first-order valence-electron chi connectivity index (χ1n) is 8.91. The van der Waals surface area contributed by atoms with Crippen molar-refractivity contribution in [2.45, 2.75) is 58.9 Å². The molecule has 2 aromatic rings. The summed E-state index contributed by atoms with van der Waals surface area (Å²) in [6, 6.07) is 3.01. The maximum Gasteiger partial charge on any atom is 0.418 e. The van der Waals surface area contributed by atoms with Gasteiger partial charge in [-0.2, -0.15) is 13.2 Å². The normalized spacial score (nSPS) is 14.4. The minimum Gasteiger partial charge on any atom is -0.388 e. The number of hydrogen-bond acceptors (Lipinski definition) is 5. The number of ether oxygens (including phenoxy) is 1. The molecule has 0 aliphatic heterocycles. The number of nitrogens with zero attached hydrogens (tertiary/aromatic N) is 2. The van der Waals surface area contributed by atoms with Crippen LogP contribution in [0.15, 0.2) is 28.0 Å². The van der Waals surface area contributed by atoms with Crippen LogP contribution in [-0.2, 0) is 4.74 Å². The van der Waals surface area contributed by atoms with Crippen LogP contribution in [0.4, 0.5) is 18.9 Å². The molecule has 8 heteroatoms. The Bertz CT molecular complexity index is 825. The molecule has 0 spiro atoms. The van der Waals surface area contributed by atoms with Crippen LogP contribution in [0.2, 0.25) is 0 Å². The fourth-order valence-corrected chi connectivity index (χ4v) is 3.17. The molecular weight excluding hydrogens is 389 g/mol. The third kappa shape index (κ3) is 5.62. The maximum absolute atomic E-state index is 13.8. The van der Waals surface area contributed by atoms with E-state index in [0.717, 1.165) is 5.56 Å². The Labute approximate surface area is 167 Å².